The number of rotatable bonds is 5. The molecule has 0 aliphatic carbocycles. The average Bonchev–Trinajstić information content (AvgIpc) is 2.33. The second-order valence-electron chi connectivity index (χ2n) is 3.61. The van der Waals surface area contributed by atoms with Crippen LogP contribution >= 0.6 is 15.9 Å². The molecule has 17 heavy (non-hydrogen) atoms. The summed E-state index contributed by atoms with van der Waals surface area (Å²) in [6.45, 7) is 3.71. The smallest absolute Gasteiger partial charge is 0.253 e. The lowest BCUT2D eigenvalue weighted by Crippen LogP contribution is -2.33. The molecule has 0 aromatic heterocycles. The second kappa shape index (κ2) is 6.61. The third-order valence-corrected chi connectivity index (χ3v) is 3.20. The van der Waals surface area contributed by atoms with Crippen molar-refractivity contribution in [2.75, 3.05) is 32.5 Å². The van der Waals surface area contributed by atoms with Gasteiger partial charge in [0.25, 0.3) is 5.91 Å². The van der Waals surface area contributed by atoms with Gasteiger partial charge in [-0.25, -0.2) is 0 Å². The Labute approximate surface area is 110 Å². The molecular formula is C12H17BrN2O2. The lowest BCUT2D eigenvalue weighted by Gasteiger charge is -2.20. The topological polar surface area (TPSA) is 55.6 Å². The number of ether oxygens (including phenoxy) is 1. The van der Waals surface area contributed by atoms with Crippen LogP contribution in [0.2, 0.25) is 0 Å². The summed E-state index contributed by atoms with van der Waals surface area (Å²) >= 11 is 3.30. The highest BCUT2D eigenvalue weighted by molar-refractivity contribution is 9.10. The van der Waals surface area contributed by atoms with E-state index in [0.29, 0.717) is 30.9 Å². The Bertz CT molecular complexity index is 396. The highest BCUT2D eigenvalue weighted by Gasteiger charge is 2.14. The van der Waals surface area contributed by atoms with E-state index in [0.717, 1.165) is 4.47 Å². The summed E-state index contributed by atoms with van der Waals surface area (Å²) in [6.07, 6.45) is 0. The predicted octanol–water partition coefficient (Wildman–Crippen LogP) is 2.14. The zero-order valence-electron chi connectivity index (χ0n) is 10.1. The minimum absolute atomic E-state index is 0.0243. The van der Waals surface area contributed by atoms with Crippen LogP contribution in [0.3, 0.4) is 0 Å². The van der Waals surface area contributed by atoms with Gasteiger partial charge < -0.3 is 15.4 Å². The molecule has 1 aromatic carbocycles. The van der Waals surface area contributed by atoms with Gasteiger partial charge in [0, 0.05) is 35.9 Å². The quantitative estimate of drug-likeness (QED) is 0.848. The van der Waals surface area contributed by atoms with E-state index < -0.39 is 0 Å². The number of likely N-dealkylation sites (N-methyl/N-ethyl adjacent to an activating group) is 1. The van der Waals surface area contributed by atoms with Crippen LogP contribution in [-0.2, 0) is 4.74 Å². The molecule has 0 saturated heterocycles. The van der Waals surface area contributed by atoms with Crippen molar-refractivity contribution in [1.82, 2.24) is 4.90 Å². The largest absolute Gasteiger partial charge is 0.398 e. The molecule has 0 fully saturated rings. The lowest BCUT2D eigenvalue weighted by molar-refractivity contribution is 0.0706. The Morgan fingerprint density at radius 3 is 2.76 bits per heavy atom. The molecular weight excluding hydrogens is 284 g/mol. The fraction of sp³-hybridized carbons (Fsp3) is 0.417. The normalized spacial score (nSPS) is 10.3. The molecule has 0 unspecified atom stereocenters. The molecule has 0 saturated carbocycles. The third kappa shape index (κ3) is 3.71. The van der Waals surface area contributed by atoms with E-state index in [-0.39, 0.29) is 5.91 Å². The van der Waals surface area contributed by atoms with Crippen molar-refractivity contribution in [2.24, 2.45) is 0 Å². The molecule has 1 rings (SSSR count). The first-order chi connectivity index (χ1) is 8.10. The Balaban J connectivity index is 2.82. The average molecular weight is 301 g/mol. The van der Waals surface area contributed by atoms with Crippen molar-refractivity contribution in [3.63, 3.8) is 0 Å². The van der Waals surface area contributed by atoms with Crippen molar-refractivity contribution in [3.05, 3.63) is 28.2 Å². The second-order valence-corrected chi connectivity index (χ2v) is 4.47. The lowest BCUT2D eigenvalue weighted by atomic mass is 10.2. The van der Waals surface area contributed by atoms with Gasteiger partial charge in [-0.05, 0) is 41.1 Å². The van der Waals surface area contributed by atoms with E-state index >= 15 is 0 Å². The highest BCUT2D eigenvalue weighted by atomic mass is 79.9. The molecule has 0 aliphatic rings. The molecule has 0 radical (unpaired) electrons. The van der Waals surface area contributed by atoms with Crippen molar-refractivity contribution in [3.8, 4) is 0 Å². The van der Waals surface area contributed by atoms with E-state index in [2.05, 4.69) is 15.9 Å². The van der Waals surface area contributed by atoms with E-state index in [4.69, 9.17) is 10.5 Å². The molecule has 0 spiro atoms. The predicted molar refractivity (Wildman–Crippen MR) is 72.0 cm³/mol. The molecule has 1 aromatic rings. The van der Waals surface area contributed by atoms with Crippen molar-refractivity contribution < 1.29 is 9.53 Å². The Hall–Kier alpha value is -1.07. The van der Waals surface area contributed by atoms with E-state index in [1.54, 1.807) is 30.2 Å². The number of carbonyl (C=O) groups excluding carboxylic acids is 1. The maximum Gasteiger partial charge on any atom is 0.253 e. The van der Waals surface area contributed by atoms with Crippen LogP contribution in [0.4, 0.5) is 5.69 Å². The Morgan fingerprint density at radius 2 is 2.24 bits per heavy atom. The fourth-order valence-electron chi connectivity index (χ4n) is 1.46. The van der Waals surface area contributed by atoms with Gasteiger partial charge in [-0.2, -0.15) is 0 Å². The molecule has 94 valence electrons. The summed E-state index contributed by atoms with van der Waals surface area (Å²) in [5.41, 5.74) is 6.93. The number of nitrogens with two attached hydrogens (primary N) is 1. The molecule has 0 bridgehead atoms. The number of hydrogen-bond donors (Lipinski definition) is 1. The maximum absolute atomic E-state index is 12.1. The number of amides is 1. The molecule has 2 N–H and O–H groups in total. The minimum atomic E-state index is -0.0243. The van der Waals surface area contributed by atoms with Crippen LogP contribution in [-0.4, -0.2) is 37.6 Å². The zero-order chi connectivity index (χ0) is 12.8. The number of halogens is 1. The summed E-state index contributed by atoms with van der Waals surface area (Å²) in [4.78, 5) is 13.9. The molecule has 1 amide bonds. The number of nitrogens with zero attached hydrogens (tertiary/aromatic N) is 1. The van der Waals surface area contributed by atoms with Gasteiger partial charge in [-0.1, -0.05) is 0 Å². The fourth-order valence-corrected chi connectivity index (χ4v) is 1.71. The van der Waals surface area contributed by atoms with E-state index in [9.17, 15) is 4.79 Å². The number of methoxy groups -OCH3 is 1. The van der Waals surface area contributed by atoms with Gasteiger partial charge in [-0.3, -0.25) is 4.79 Å². The zero-order valence-corrected chi connectivity index (χ0v) is 11.7. The molecule has 0 heterocycles. The minimum Gasteiger partial charge on any atom is -0.398 e. The van der Waals surface area contributed by atoms with Crippen LogP contribution in [0.5, 0.6) is 0 Å². The van der Waals surface area contributed by atoms with Crippen LogP contribution < -0.4 is 5.73 Å². The van der Waals surface area contributed by atoms with E-state index in [1.807, 2.05) is 6.92 Å². The molecule has 4 nitrogen and oxygen atoms in total. The number of anilines is 1. The number of hydrogen-bond acceptors (Lipinski definition) is 3. The highest BCUT2D eigenvalue weighted by Crippen LogP contribution is 2.21. The third-order valence-electron chi connectivity index (χ3n) is 2.48. The van der Waals surface area contributed by atoms with Crippen LogP contribution in [0.1, 0.15) is 17.3 Å². The van der Waals surface area contributed by atoms with Gasteiger partial charge in [0.1, 0.15) is 0 Å². The van der Waals surface area contributed by atoms with Crippen molar-refractivity contribution in [2.45, 2.75) is 6.92 Å². The van der Waals surface area contributed by atoms with Crippen molar-refractivity contribution >= 4 is 27.5 Å². The SMILES string of the molecule is CCN(CCOC)C(=O)c1ccc(Br)c(N)c1. The first-order valence-corrected chi connectivity index (χ1v) is 6.22. The Morgan fingerprint density at radius 1 is 1.53 bits per heavy atom. The Kier molecular flexibility index (Phi) is 5.44. The van der Waals surface area contributed by atoms with Crippen LogP contribution in [0, 0.1) is 0 Å². The first kappa shape index (κ1) is 14.0. The molecule has 0 atom stereocenters. The van der Waals surface area contributed by atoms with Gasteiger partial charge in [0.05, 0.1) is 6.61 Å². The standard InChI is InChI=1S/C12H17BrN2O2/c1-3-15(6-7-17-2)12(16)9-4-5-10(13)11(14)8-9/h4-5,8H,3,6-7,14H2,1-2H3. The maximum atomic E-state index is 12.1. The van der Waals surface area contributed by atoms with Crippen LogP contribution in [0.25, 0.3) is 0 Å². The summed E-state index contributed by atoms with van der Waals surface area (Å²) in [5.74, 6) is -0.0243. The van der Waals surface area contributed by atoms with Crippen molar-refractivity contribution in [1.29, 1.82) is 0 Å². The number of carbonyl (C=O) groups is 1. The number of benzene rings is 1. The summed E-state index contributed by atoms with van der Waals surface area (Å²) < 4.78 is 5.78. The van der Waals surface area contributed by atoms with Gasteiger partial charge in [-0.15, -0.1) is 0 Å². The summed E-state index contributed by atoms with van der Waals surface area (Å²) in [5, 5.41) is 0. The first-order valence-electron chi connectivity index (χ1n) is 5.43. The summed E-state index contributed by atoms with van der Waals surface area (Å²) in [6, 6.07) is 5.23. The van der Waals surface area contributed by atoms with Crippen LogP contribution in [0.15, 0.2) is 22.7 Å². The molecule has 5 heteroatoms. The van der Waals surface area contributed by atoms with Gasteiger partial charge in [0.15, 0.2) is 0 Å². The van der Waals surface area contributed by atoms with Gasteiger partial charge in [0.2, 0.25) is 0 Å². The molecule has 0 aliphatic heterocycles. The summed E-state index contributed by atoms with van der Waals surface area (Å²) in [7, 11) is 1.62. The van der Waals surface area contributed by atoms with Gasteiger partial charge >= 0.3 is 0 Å². The monoisotopic (exact) mass is 300 g/mol. The number of nitrogen functional groups attached to an aromatic ring is 1. The van der Waals surface area contributed by atoms with E-state index in [1.165, 1.54) is 0 Å².